The molecule has 0 amide bonds. The molecule has 21 heavy (non-hydrogen) atoms. The highest BCUT2D eigenvalue weighted by Gasteiger charge is 2.27. The Hall–Kier alpha value is -0.430. The molecule has 1 aromatic heterocycles. The van der Waals surface area contributed by atoms with Crippen LogP contribution in [0.3, 0.4) is 0 Å². The molecule has 0 aromatic carbocycles. The Morgan fingerprint density at radius 3 is 2.95 bits per heavy atom. The molecule has 2 heterocycles. The molecule has 1 aliphatic rings. The summed E-state index contributed by atoms with van der Waals surface area (Å²) in [5, 5.41) is 5.26. The summed E-state index contributed by atoms with van der Waals surface area (Å²) in [6.45, 7) is 7.35. The van der Waals surface area contributed by atoms with Gasteiger partial charge in [-0.2, -0.15) is 4.31 Å². The topological polar surface area (TPSA) is 49.4 Å². The van der Waals surface area contributed by atoms with Gasteiger partial charge in [-0.1, -0.05) is 13.8 Å². The van der Waals surface area contributed by atoms with Crippen molar-refractivity contribution in [3.05, 3.63) is 17.0 Å². The second-order valence-electron chi connectivity index (χ2n) is 5.89. The smallest absolute Gasteiger partial charge is 0.252 e. The van der Waals surface area contributed by atoms with E-state index in [1.54, 1.807) is 4.31 Å². The highest BCUT2D eigenvalue weighted by atomic mass is 32.2. The van der Waals surface area contributed by atoms with E-state index in [9.17, 15) is 8.42 Å². The number of hydrogen-bond donors (Lipinski definition) is 1. The zero-order valence-corrected chi connectivity index (χ0v) is 14.6. The van der Waals surface area contributed by atoms with Crippen LogP contribution in [0.5, 0.6) is 0 Å². The van der Waals surface area contributed by atoms with Gasteiger partial charge in [-0.05, 0) is 55.2 Å². The predicted molar refractivity (Wildman–Crippen MR) is 88.1 cm³/mol. The molecule has 1 unspecified atom stereocenters. The number of hydrogen-bond acceptors (Lipinski definition) is 4. The van der Waals surface area contributed by atoms with Crippen LogP contribution in [0.4, 0.5) is 0 Å². The third-order valence-corrected chi connectivity index (χ3v) is 7.32. The van der Waals surface area contributed by atoms with Gasteiger partial charge in [-0.25, -0.2) is 8.42 Å². The van der Waals surface area contributed by atoms with Crippen molar-refractivity contribution < 1.29 is 8.42 Å². The van der Waals surface area contributed by atoms with Gasteiger partial charge < -0.3 is 5.32 Å². The van der Waals surface area contributed by atoms with Gasteiger partial charge in [0.15, 0.2) is 0 Å². The first kappa shape index (κ1) is 16.9. The van der Waals surface area contributed by atoms with Crippen molar-refractivity contribution >= 4 is 21.4 Å². The van der Waals surface area contributed by atoms with Gasteiger partial charge in [-0.3, -0.25) is 0 Å². The SMILES string of the molecule is CCCNCc1csc(S(=O)(=O)N2CCCC(C)CC2)c1. The number of nitrogens with zero attached hydrogens (tertiary/aromatic N) is 1. The van der Waals surface area contributed by atoms with Crippen LogP contribution in [0.25, 0.3) is 0 Å². The van der Waals surface area contributed by atoms with E-state index < -0.39 is 10.0 Å². The van der Waals surface area contributed by atoms with Crippen LogP contribution < -0.4 is 5.32 Å². The lowest BCUT2D eigenvalue weighted by Crippen LogP contribution is -2.31. The van der Waals surface area contributed by atoms with Gasteiger partial charge in [0.05, 0.1) is 0 Å². The standard InChI is InChI=1S/C15H26N2O2S2/c1-3-7-16-11-14-10-15(20-12-14)21(18,19)17-8-4-5-13(2)6-9-17/h10,12-13,16H,3-9,11H2,1-2H3. The minimum absolute atomic E-state index is 0.491. The van der Waals surface area contributed by atoms with Crippen LogP contribution in [-0.2, 0) is 16.6 Å². The molecule has 0 saturated carbocycles. The van der Waals surface area contributed by atoms with Crippen molar-refractivity contribution in [1.82, 2.24) is 9.62 Å². The van der Waals surface area contributed by atoms with Crippen LogP contribution >= 0.6 is 11.3 Å². The molecule has 1 saturated heterocycles. The monoisotopic (exact) mass is 330 g/mol. The van der Waals surface area contributed by atoms with E-state index in [1.165, 1.54) is 11.3 Å². The molecular weight excluding hydrogens is 304 g/mol. The molecule has 0 spiro atoms. The first-order valence-electron chi connectivity index (χ1n) is 7.82. The molecule has 1 aliphatic heterocycles. The van der Waals surface area contributed by atoms with Gasteiger partial charge >= 0.3 is 0 Å². The van der Waals surface area contributed by atoms with E-state index in [0.29, 0.717) is 23.2 Å². The Labute approximate surface area is 132 Å². The lowest BCUT2D eigenvalue weighted by atomic mass is 10.0. The number of nitrogens with one attached hydrogen (secondary N) is 1. The Bertz CT molecular complexity index is 540. The number of rotatable bonds is 6. The average molecular weight is 331 g/mol. The second kappa shape index (κ2) is 7.72. The molecule has 0 bridgehead atoms. The molecule has 1 fully saturated rings. The predicted octanol–water partition coefficient (Wildman–Crippen LogP) is 3.06. The minimum Gasteiger partial charge on any atom is -0.313 e. The highest BCUT2D eigenvalue weighted by Crippen LogP contribution is 2.27. The van der Waals surface area contributed by atoms with Gasteiger partial charge in [-0.15, -0.1) is 11.3 Å². The normalized spacial score (nSPS) is 21.3. The Morgan fingerprint density at radius 2 is 2.19 bits per heavy atom. The zero-order chi connectivity index (χ0) is 15.3. The first-order valence-corrected chi connectivity index (χ1v) is 10.1. The van der Waals surface area contributed by atoms with Crippen LogP contribution in [-0.4, -0.2) is 32.4 Å². The van der Waals surface area contributed by atoms with Crippen molar-refractivity contribution in [3.63, 3.8) is 0 Å². The van der Waals surface area contributed by atoms with Crippen molar-refractivity contribution in [3.8, 4) is 0 Å². The summed E-state index contributed by atoms with van der Waals surface area (Å²) in [5.41, 5.74) is 1.07. The van der Waals surface area contributed by atoms with E-state index in [0.717, 1.165) is 44.3 Å². The lowest BCUT2D eigenvalue weighted by Gasteiger charge is -2.18. The molecule has 0 aliphatic carbocycles. The summed E-state index contributed by atoms with van der Waals surface area (Å²) in [6.07, 6.45) is 4.15. The second-order valence-corrected chi connectivity index (χ2v) is 8.97. The quantitative estimate of drug-likeness (QED) is 0.816. The molecule has 6 heteroatoms. The Balaban J connectivity index is 2.05. The zero-order valence-electron chi connectivity index (χ0n) is 13.0. The van der Waals surface area contributed by atoms with Crippen LogP contribution in [0.15, 0.2) is 15.7 Å². The maximum Gasteiger partial charge on any atom is 0.252 e. The number of thiophene rings is 1. The van der Waals surface area contributed by atoms with E-state index in [-0.39, 0.29) is 0 Å². The van der Waals surface area contributed by atoms with E-state index in [2.05, 4.69) is 19.2 Å². The summed E-state index contributed by atoms with van der Waals surface area (Å²) in [5.74, 6) is 0.627. The fourth-order valence-electron chi connectivity index (χ4n) is 2.59. The average Bonchev–Trinajstić information content (AvgIpc) is 2.81. The fraction of sp³-hybridized carbons (Fsp3) is 0.733. The van der Waals surface area contributed by atoms with E-state index >= 15 is 0 Å². The molecular formula is C15H26N2O2S2. The maximum absolute atomic E-state index is 12.7. The molecule has 120 valence electrons. The van der Waals surface area contributed by atoms with Crippen molar-refractivity contribution in [2.45, 2.75) is 50.3 Å². The lowest BCUT2D eigenvalue weighted by molar-refractivity contribution is 0.418. The van der Waals surface area contributed by atoms with Crippen LogP contribution in [0.1, 0.15) is 45.1 Å². The van der Waals surface area contributed by atoms with Gasteiger partial charge in [0.1, 0.15) is 4.21 Å². The minimum atomic E-state index is -3.29. The summed E-state index contributed by atoms with van der Waals surface area (Å²) >= 11 is 1.35. The van der Waals surface area contributed by atoms with Gasteiger partial charge in [0.2, 0.25) is 0 Å². The Morgan fingerprint density at radius 1 is 1.38 bits per heavy atom. The van der Waals surface area contributed by atoms with Crippen molar-refractivity contribution in [2.75, 3.05) is 19.6 Å². The highest BCUT2D eigenvalue weighted by molar-refractivity contribution is 7.91. The van der Waals surface area contributed by atoms with Crippen LogP contribution in [0, 0.1) is 5.92 Å². The molecule has 1 N–H and O–H groups in total. The Kier molecular flexibility index (Phi) is 6.22. The molecule has 2 rings (SSSR count). The summed E-state index contributed by atoms with van der Waals surface area (Å²) in [4.78, 5) is 0. The van der Waals surface area contributed by atoms with Gasteiger partial charge in [0.25, 0.3) is 10.0 Å². The molecule has 1 aromatic rings. The molecule has 0 radical (unpaired) electrons. The fourth-order valence-corrected chi connectivity index (χ4v) is 5.45. The number of sulfonamides is 1. The molecule has 1 atom stereocenters. The summed E-state index contributed by atoms with van der Waals surface area (Å²) in [6, 6.07) is 1.83. The summed E-state index contributed by atoms with van der Waals surface area (Å²) < 4.78 is 27.6. The largest absolute Gasteiger partial charge is 0.313 e. The van der Waals surface area contributed by atoms with Crippen molar-refractivity contribution in [2.24, 2.45) is 5.92 Å². The molecule has 4 nitrogen and oxygen atoms in total. The maximum atomic E-state index is 12.7. The van der Waals surface area contributed by atoms with Crippen molar-refractivity contribution in [1.29, 1.82) is 0 Å². The summed E-state index contributed by atoms with van der Waals surface area (Å²) in [7, 11) is -3.29. The third kappa shape index (κ3) is 4.52. The first-order chi connectivity index (χ1) is 10.0. The third-order valence-electron chi connectivity index (χ3n) is 3.96. The van der Waals surface area contributed by atoms with Crippen LogP contribution in [0.2, 0.25) is 0 Å². The van der Waals surface area contributed by atoms with E-state index in [1.807, 2.05) is 11.4 Å². The van der Waals surface area contributed by atoms with Gasteiger partial charge in [0, 0.05) is 19.6 Å². The van der Waals surface area contributed by atoms with E-state index in [4.69, 9.17) is 0 Å².